The predicted molar refractivity (Wildman–Crippen MR) is 79.0 cm³/mol. The van der Waals surface area contributed by atoms with Crippen LogP contribution in [0.25, 0.3) is 11.3 Å². The van der Waals surface area contributed by atoms with Crippen molar-refractivity contribution in [1.82, 2.24) is 4.98 Å². The van der Waals surface area contributed by atoms with Crippen LogP contribution in [0.1, 0.15) is 5.56 Å². The third kappa shape index (κ3) is 3.32. The lowest BCUT2D eigenvalue weighted by atomic mass is 10.1. The molecule has 1 heterocycles. The van der Waals surface area contributed by atoms with E-state index < -0.39 is 0 Å². The lowest BCUT2D eigenvalue weighted by Gasteiger charge is -2.09. The van der Waals surface area contributed by atoms with Crippen LogP contribution in [0, 0.1) is 11.3 Å². The van der Waals surface area contributed by atoms with Crippen LogP contribution < -0.4 is 0 Å². The molecule has 0 radical (unpaired) electrons. The van der Waals surface area contributed by atoms with E-state index in [4.69, 9.17) is 51.7 Å². The van der Waals surface area contributed by atoms with Crippen molar-refractivity contribution < 1.29 is 0 Å². The Kier molecular flexibility index (Phi) is 4.54. The summed E-state index contributed by atoms with van der Waals surface area (Å²) in [6.07, 6.45) is 0.234. The number of hydrogen-bond acceptors (Lipinski definition) is 2. The normalized spacial score (nSPS) is 10.3. The first-order valence-electron chi connectivity index (χ1n) is 5.19. The number of aromatic nitrogens is 1. The standard InChI is InChI=1S/C13H6Cl4N2/c14-8-5-9(15)13(10(16)6-8)11-3-7(1-2-18)4-12(17)19-11/h3-6H,1H2. The van der Waals surface area contributed by atoms with E-state index in [1.165, 1.54) is 0 Å². The van der Waals surface area contributed by atoms with Crippen LogP contribution in [-0.4, -0.2) is 4.98 Å². The Balaban J connectivity index is 2.62. The number of nitriles is 1. The Hall–Kier alpha value is -0.980. The van der Waals surface area contributed by atoms with E-state index in [0.29, 0.717) is 26.3 Å². The molecule has 96 valence electrons. The molecule has 1 aromatic carbocycles. The minimum atomic E-state index is 0.234. The van der Waals surface area contributed by atoms with Crippen LogP contribution in [-0.2, 0) is 6.42 Å². The Labute approximate surface area is 130 Å². The van der Waals surface area contributed by atoms with Gasteiger partial charge in [-0.2, -0.15) is 5.26 Å². The summed E-state index contributed by atoms with van der Waals surface area (Å²) in [5, 5.41) is 10.2. The molecule has 0 unspecified atom stereocenters. The molecule has 2 aromatic rings. The van der Waals surface area contributed by atoms with Crippen molar-refractivity contribution in [1.29, 1.82) is 5.26 Å². The van der Waals surface area contributed by atoms with Gasteiger partial charge < -0.3 is 0 Å². The number of hydrogen-bond donors (Lipinski definition) is 0. The molecule has 0 amide bonds. The van der Waals surface area contributed by atoms with Gasteiger partial charge in [0.25, 0.3) is 0 Å². The molecule has 0 saturated carbocycles. The molecular formula is C13H6Cl4N2. The molecule has 1 aromatic heterocycles. The molecule has 19 heavy (non-hydrogen) atoms. The number of nitrogens with zero attached hydrogens (tertiary/aromatic N) is 2. The van der Waals surface area contributed by atoms with E-state index in [9.17, 15) is 0 Å². The lowest BCUT2D eigenvalue weighted by Crippen LogP contribution is -1.91. The van der Waals surface area contributed by atoms with E-state index in [0.717, 1.165) is 5.56 Å². The summed E-state index contributed by atoms with van der Waals surface area (Å²) in [6, 6.07) is 8.58. The molecule has 0 atom stereocenters. The highest BCUT2D eigenvalue weighted by Crippen LogP contribution is 2.37. The largest absolute Gasteiger partial charge is 0.236 e. The van der Waals surface area contributed by atoms with Gasteiger partial charge in [0.15, 0.2) is 0 Å². The smallest absolute Gasteiger partial charge is 0.130 e. The molecule has 0 aliphatic rings. The fraction of sp³-hybridized carbons (Fsp3) is 0.0769. The second-order valence-corrected chi connectivity index (χ2v) is 5.40. The molecule has 0 aliphatic carbocycles. The number of benzene rings is 1. The average molecular weight is 332 g/mol. The predicted octanol–water partition coefficient (Wildman–Crippen LogP) is 5.43. The van der Waals surface area contributed by atoms with Crippen LogP contribution in [0.2, 0.25) is 20.2 Å². The van der Waals surface area contributed by atoms with Crippen LogP contribution in [0.15, 0.2) is 24.3 Å². The maximum atomic E-state index is 8.73. The van der Waals surface area contributed by atoms with Crippen molar-refractivity contribution in [2.24, 2.45) is 0 Å². The van der Waals surface area contributed by atoms with Gasteiger partial charge in [0.1, 0.15) is 5.15 Å². The molecule has 2 rings (SSSR count). The summed E-state index contributed by atoms with van der Waals surface area (Å²) in [4.78, 5) is 4.18. The number of rotatable bonds is 2. The van der Waals surface area contributed by atoms with Crippen LogP contribution >= 0.6 is 46.4 Å². The topological polar surface area (TPSA) is 36.7 Å². The Morgan fingerprint density at radius 2 is 1.63 bits per heavy atom. The lowest BCUT2D eigenvalue weighted by molar-refractivity contribution is 1.21. The summed E-state index contributed by atoms with van der Waals surface area (Å²) in [6.45, 7) is 0. The monoisotopic (exact) mass is 330 g/mol. The van der Waals surface area contributed by atoms with Gasteiger partial charge in [-0.15, -0.1) is 0 Å². The SMILES string of the molecule is N#CCc1cc(Cl)nc(-c2c(Cl)cc(Cl)cc2Cl)c1. The maximum Gasteiger partial charge on any atom is 0.130 e. The highest BCUT2D eigenvalue weighted by atomic mass is 35.5. The van der Waals surface area contributed by atoms with E-state index in [1.54, 1.807) is 24.3 Å². The first kappa shape index (κ1) is 14.4. The van der Waals surface area contributed by atoms with Gasteiger partial charge in [-0.05, 0) is 29.8 Å². The molecule has 0 N–H and O–H groups in total. The number of pyridine rings is 1. The molecule has 0 bridgehead atoms. The fourth-order valence-corrected chi connectivity index (χ4v) is 2.90. The molecule has 0 spiro atoms. The van der Waals surface area contributed by atoms with Gasteiger partial charge in [0, 0.05) is 10.6 Å². The summed E-state index contributed by atoms with van der Waals surface area (Å²) >= 11 is 24.1. The van der Waals surface area contributed by atoms with Gasteiger partial charge in [-0.1, -0.05) is 46.4 Å². The Morgan fingerprint density at radius 3 is 2.21 bits per heavy atom. The van der Waals surface area contributed by atoms with Gasteiger partial charge in [-0.25, -0.2) is 4.98 Å². The van der Waals surface area contributed by atoms with Crippen LogP contribution in [0.3, 0.4) is 0 Å². The van der Waals surface area contributed by atoms with E-state index in [1.807, 2.05) is 0 Å². The van der Waals surface area contributed by atoms with Gasteiger partial charge in [-0.3, -0.25) is 0 Å². The second kappa shape index (κ2) is 5.98. The quantitative estimate of drug-likeness (QED) is 0.688. The van der Waals surface area contributed by atoms with Gasteiger partial charge in [0.2, 0.25) is 0 Å². The average Bonchev–Trinajstić information content (AvgIpc) is 2.26. The first-order chi connectivity index (χ1) is 9.01. The fourth-order valence-electron chi connectivity index (χ4n) is 1.66. The van der Waals surface area contributed by atoms with Crippen molar-refractivity contribution >= 4 is 46.4 Å². The third-order valence-corrected chi connectivity index (χ3v) is 3.41. The van der Waals surface area contributed by atoms with Crippen molar-refractivity contribution in [3.63, 3.8) is 0 Å². The van der Waals surface area contributed by atoms with Gasteiger partial charge >= 0.3 is 0 Å². The Bertz CT molecular complexity index is 654. The number of halogens is 4. The third-order valence-electron chi connectivity index (χ3n) is 2.40. The molecule has 0 saturated heterocycles. The van der Waals surface area contributed by atoms with Crippen LogP contribution in [0.5, 0.6) is 0 Å². The summed E-state index contributed by atoms with van der Waals surface area (Å²) in [7, 11) is 0. The zero-order valence-corrected chi connectivity index (χ0v) is 12.4. The summed E-state index contributed by atoms with van der Waals surface area (Å²) < 4.78 is 0. The van der Waals surface area contributed by atoms with Crippen LogP contribution in [0.4, 0.5) is 0 Å². The van der Waals surface area contributed by atoms with Gasteiger partial charge in [0.05, 0.1) is 28.2 Å². The van der Waals surface area contributed by atoms with E-state index in [2.05, 4.69) is 11.1 Å². The Morgan fingerprint density at radius 1 is 1.00 bits per heavy atom. The van der Waals surface area contributed by atoms with Crippen molar-refractivity contribution in [2.75, 3.05) is 0 Å². The van der Waals surface area contributed by atoms with E-state index in [-0.39, 0.29) is 11.6 Å². The summed E-state index contributed by atoms with van der Waals surface area (Å²) in [5.41, 5.74) is 1.82. The minimum absolute atomic E-state index is 0.234. The molecule has 0 aliphatic heterocycles. The molecular weight excluding hydrogens is 326 g/mol. The summed E-state index contributed by atoms with van der Waals surface area (Å²) in [5.74, 6) is 0. The molecule has 2 nitrogen and oxygen atoms in total. The highest BCUT2D eigenvalue weighted by molar-refractivity contribution is 6.41. The zero-order chi connectivity index (χ0) is 14.0. The molecule has 0 fully saturated rings. The minimum Gasteiger partial charge on any atom is -0.236 e. The van der Waals surface area contributed by atoms with Crippen molar-refractivity contribution in [3.05, 3.63) is 50.0 Å². The first-order valence-corrected chi connectivity index (χ1v) is 6.71. The maximum absolute atomic E-state index is 8.73. The highest BCUT2D eigenvalue weighted by Gasteiger charge is 2.13. The van der Waals surface area contributed by atoms with Crippen molar-refractivity contribution in [2.45, 2.75) is 6.42 Å². The van der Waals surface area contributed by atoms with Crippen molar-refractivity contribution in [3.8, 4) is 17.3 Å². The van der Waals surface area contributed by atoms with E-state index >= 15 is 0 Å². The molecule has 6 heteroatoms. The zero-order valence-electron chi connectivity index (χ0n) is 9.42. The second-order valence-electron chi connectivity index (χ2n) is 3.76.